The maximum atomic E-state index is 4.16. The van der Waals surface area contributed by atoms with Gasteiger partial charge in [-0.3, -0.25) is 4.98 Å². The molecule has 82 valence electrons. The minimum atomic E-state index is 0.432. The summed E-state index contributed by atoms with van der Waals surface area (Å²) in [5, 5.41) is 3.70. The summed E-state index contributed by atoms with van der Waals surface area (Å²) >= 11 is 0. The average molecular weight is 204 g/mol. The second kappa shape index (κ2) is 5.26. The molecule has 2 heteroatoms. The van der Waals surface area contributed by atoms with Gasteiger partial charge in [-0.25, -0.2) is 0 Å². The van der Waals surface area contributed by atoms with Crippen LogP contribution in [0.15, 0.2) is 24.5 Å². The molecule has 0 radical (unpaired) electrons. The molecule has 1 atom stereocenters. The second-order valence-corrected chi connectivity index (χ2v) is 4.51. The minimum Gasteiger partial charge on any atom is -0.307 e. The number of hydrogen-bond donors (Lipinski definition) is 1. The molecular formula is C13H20N2. The predicted octanol–water partition coefficient (Wildman–Crippen LogP) is 3.06. The lowest BCUT2D eigenvalue weighted by Gasteiger charge is -2.26. The summed E-state index contributed by atoms with van der Waals surface area (Å²) in [6, 6.07) is 5.30. The van der Waals surface area contributed by atoms with E-state index in [-0.39, 0.29) is 0 Å². The third kappa shape index (κ3) is 3.03. The van der Waals surface area contributed by atoms with Gasteiger partial charge < -0.3 is 5.32 Å². The number of rotatable bonds is 3. The zero-order valence-corrected chi connectivity index (χ0v) is 9.45. The molecule has 0 saturated heterocycles. The van der Waals surface area contributed by atoms with Crippen molar-refractivity contribution in [2.45, 2.75) is 51.1 Å². The molecule has 0 spiro atoms. The van der Waals surface area contributed by atoms with Crippen molar-refractivity contribution in [3.63, 3.8) is 0 Å². The van der Waals surface area contributed by atoms with Crippen LogP contribution in [0.5, 0.6) is 0 Å². The summed E-state index contributed by atoms with van der Waals surface area (Å²) in [4.78, 5) is 4.16. The molecule has 1 fully saturated rings. The highest BCUT2D eigenvalue weighted by Crippen LogP contribution is 2.20. The van der Waals surface area contributed by atoms with E-state index in [2.05, 4.69) is 23.3 Å². The van der Waals surface area contributed by atoms with Crippen LogP contribution in [-0.2, 0) is 0 Å². The molecule has 0 aromatic carbocycles. The third-order valence-electron chi connectivity index (χ3n) is 3.28. The quantitative estimate of drug-likeness (QED) is 0.818. The van der Waals surface area contributed by atoms with E-state index in [9.17, 15) is 0 Å². The molecule has 1 N–H and O–H groups in total. The van der Waals surface area contributed by atoms with E-state index in [4.69, 9.17) is 0 Å². The first kappa shape index (κ1) is 10.6. The molecule has 15 heavy (non-hydrogen) atoms. The number of nitrogens with one attached hydrogen (secondary N) is 1. The van der Waals surface area contributed by atoms with Crippen LogP contribution in [0.1, 0.15) is 50.6 Å². The Kier molecular flexibility index (Phi) is 3.73. The lowest BCUT2D eigenvalue weighted by atomic mass is 9.94. The Bertz CT molecular complexity index is 278. The Balaban J connectivity index is 1.88. The van der Waals surface area contributed by atoms with Crippen LogP contribution in [0.25, 0.3) is 0 Å². The van der Waals surface area contributed by atoms with Crippen molar-refractivity contribution in [1.29, 1.82) is 0 Å². The minimum absolute atomic E-state index is 0.432. The van der Waals surface area contributed by atoms with Crippen molar-refractivity contribution in [3.8, 4) is 0 Å². The van der Waals surface area contributed by atoms with E-state index in [1.165, 1.54) is 37.7 Å². The van der Waals surface area contributed by atoms with Crippen molar-refractivity contribution >= 4 is 0 Å². The zero-order valence-electron chi connectivity index (χ0n) is 9.45. The number of pyridine rings is 1. The monoisotopic (exact) mass is 204 g/mol. The van der Waals surface area contributed by atoms with Gasteiger partial charge in [0.25, 0.3) is 0 Å². The van der Waals surface area contributed by atoms with E-state index in [0.717, 1.165) is 0 Å². The molecule has 2 rings (SSSR count). The molecule has 0 unspecified atom stereocenters. The first-order chi connectivity index (χ1) is 7.36. The van der Waals surface area contributed by atoms with E-state index in [1.807, 2.05) is 18.5 Å². The zero-order chi connectivity index (χ0) is 10.5. The molecule has 1 heterocycles. The molecule has 1 aliphatic carbocycles. The maximum absolute atomic E-state index is 4.16. The Morgan fingerprint density at radius 1 is 1.33 bits per heavy atom. The van der Waals surface area contributed by atoms with Crippen LogP contribution >= 0.6 is 0 Å². The van der Waals surface area contributed by atoms with Gasteiger partial charge in [-0.05, 0) is 31.4 Å². The molecular weight excluding hydrogens is 184 g/mol. The SMILES string of the molecule is C[C@H](NC1CCCCC1)c1cccnc1. The van der Waals surface area contributed by atoms with Gasteiger partial charge in [0.05, 0.1) is 0 Å². The van der Waals surface area contributed by atoms with Crippen molar-refractivity contribution < 1.29 is 0 Å². The van der Waals surface area contributed by atoms with Crippen LogP contribution in [0, 0.1) is 0 Å². The molecule has 1 saturated carbocycles. The molecule has 1 aliphatic rings. The van der Waals surface area contributed by atoms with Gasteiger partial charge in [0, 0.05) is 24.5 Å². The van der Waals surface area contributed by atoms with E-state index >= 15 is 0 Å². The standard InChI is InChI=1S/C13H20N2/c1-11(12-6-5-9-14-10-12)15-13-7-3-2-4-8-13/h5-6,9-11,13,15H,2-4,7-8H2,1H3/t11-/m0/s1. The fourth-order valence-electron chi connectivity index (χ4n) is 2.35. The maximum Gasteiger partial charge on any atom is 0.0315 e. The van der Waals surface area contributed by atoms with Crippen molar-refractivity contribution in [2.75, 3.05) is 0 Å². The molecule has 0 bridgehead atoms. The highest BCUT2D eigenvalue weighted by molar-refractivity contribution is 5.12. The Morgan fingerprint density at radius 2 is 2.13 bits per heavy atom. The third-order valence-corrected chi connectivity index (χ3v) is 3.28. The summed E-state index contributed by atoms with van der Waals surface area (Å²) in [5.74, 6) is 0. The van der Waals surface area contributed by atoms with Gasteiger partial charge >= 0.3 is 0 Å². The van der Waals surface area contributed by atoms with Crippen LogP contribution in [0.2, 0.25) is 0 Å². The van der Waals surface area contributed by atoms with E-state index in [1.54, 1.807) is 0 Å². The number of nitrogens with zero attached hydrogens (tertiary/aromatic N) is 1. The van der Waals surface area contributed by atoms with Gasteiger partial charge in [0.15, 0.2) is 0 Å². The first-order valence-corrected chi connectivity index (χ1v) is 6.02. The average Bonchev–Trinajstić information content (AvgIpc) is 2.31. The van der Waals surface area contributed by atoms with Gasteiger partial charge in [0.2, 0.25) is 0 Å². The molecule has 2 nitrogen and oxygen atoms in total. The predicted molar refractivity (Wildman–Crippen MR) is 62.7 cm³/mol. The van der Waals surface area contributed by atoms with Gasteiger partial charge in [-0.15, -0.1) is 0 Å². The normalized spacial score (nSPS) is 20.1. The van der Waals surface area contributed by atoms with Crippen LogP contribution in [0.4, 0.5) is 0 Å². The summed E-state index contributed by atoms with van der Waals surface area (Å²) in [7, 11) is 0. The summed E-state index contributed by atoms with van der Waals surface area (Å²) in [6.45, 7) is 2.23. The smallest absolute Gasteiger partial charge is 0.0315 e. The lowest BCUT2D eigenvalue weighted by Crippen LogP contribution is -2.33. The van der Waals surface area contributed by atoms with Crippen molar-refractivity contribution in [2.24, 2.45) is 0 Å². The summed E-state index contributed by atoms with van der Waals surface area (Å²) < 4.78 is 0. The first-order valence-electron chi connectivity index (χ1n) is 6.02. The number of hydrogen-bond acceptors (Lipinski definition) is 2. The topological polar surface area (TPSA) is 24.9 Å². The van der Waals surface area contributed by atoms with Crippen LogP contribution in [-0.4, -0.2) is 11.0 Å². The van der Waals surface area contributed by atoms with E-state index < -0.39 is 0 Å². The fourth-order valence-corrected chi connectivity index (χ4v) is 2.35. The molecule has 0 aliphatic heterocycles. The fraction of sp³-hybridized carbons (Fsp3) is 0.615. The molecule has 0 amide bonds. The Labute approximate surface area is 92.1 Å². The van der Waals surface area contributed by atoms with E-state index in [0.29, 0.717) is 12.1 Å². The molecule has 1 aromatic heterocycles. The highest BCUT2D eigenvalue weighted by Gasteiger charge is 2.15. The van der Waals surface area contributed by atoms with Gasteiger partial charge in [0.1, 0.15) is 0 Å². The second-order valence-electron chi connectivity index (χ2n) is 4.51. The summed E-state index contributed by atoms with van der Waals surface area (Å²) in [5.41, 5.74) is 1.29. The largest absolute Gasteiger partial charge is 0.307 e. The van der Waals surface area contributed by atoms with Gasteiger partial charge in [-0.2, -0.15) is 0 Å². The Hall–Kier alpha value is -0.890. The van der Waals surface area contributed by atoms with Crippen molar-refractivity contribution in [3.05, 3.63) is 30.1 Å². The Morgan fingerprint density at radius 3 is 2.80 bits per heavy atom. The van der Waals surface area contributed by atoms with Crippen molar-refractivity contribution in [1.82, 2.24) is 10.3 Å². The summed E-state index contributed by atoms with van der Waals surface area (Å²) in [6.07, 6.45) is 10.7. The van der Waals surface area contributed by atoms with Crippen LogP contribution in [0.3, 0.4) is 0 Å². The highest BCUT2D eigenvalue weighted by atomic mass is 14.9. The number of aromatic nitrogens is 1. The lowest BCUT2D eigenvalue weighted by molar-refractivity contribution is 0.346. The molecule has 1 aromatic rings. The van der Waals surface area contributed by atoms with Crippen LogP contribution < -0.4 is 5.32 Å². The van der Waals surface area contributed by atoms with Gasteiger partial charge in [-0.1, -0.05) is 25.3 Å².